The fraction of sp³-hybridized carbons (Fsp3) is 0.438. The van der Waals surface area contributed by atoms with Gasteiger partial charge in [-0.15, -0.1) is 0 Å². The van der Waals surface area contributed by atoms with Crippen molar-refractivity contribution in [1.29, 1.82) is 0 Å². The lowest BCUT2D eigenvalue weighted by Gasteiger charge is -2.14. The Hall–Kier alpha value is -1.03. The second-order valence-electron chi connectivity index (χ2n) is 5.40. The lowest BCUT2D eigenvalue weighted by atomic mass is 10.1. The number of hydrogen-bond donors (Lipinski definition) is 1. The molecule has 0 spiro atoms. The maximum absolute atomic E-state index is 6.12. The van der Waals surface area contributed by atoms with Crippen molar-refractivity contribution in [3.05, 3.63) is 45.7 Å². The van der Waals surface area contributed by atoms with Crippen LogP contribution in [0.4, 0.5) is 0 Å². The third-order valence-electron chi connectivity index (χ3n) is 3.32. The first kappa shape index (κ1) is 16.3. The zero-order valence-corrected chi connectivity index (χ0v) is 14.2. The zero-order chi connectivity index (χ0) is 15.4. The van der Waals surface area contributed by atoms with Crippen LogP contribution < -0.4 is 5.32 Å². The highest BCUT2D eigenvalue weighted by Gasteiger charge is 2.15. The fourth-order valence-electron chi connectivity index (χ4n) is 2.37. The Morgan fingerprint density at radius 3 is 2.62 bits per heavy atom. The number of aromatic nitrogens is 2. The van der Waals surface area contributed by atoms with Crippen molar-refractivity contribution in [2.45, 2.75) is 39.7 Å². The molecule has 1 N–H and O–H groups in total. The van der Waals surface area contributed by atoms with Crippen molar-refractivity contribution < 1.29 is 0 Å². The molecule has 0 saturated carbocycles. The Bertz CT molecular complexity index is 606. The number of rotatable bonds is 6. The quantitative estimate of drug-likeness (QED) is 0.773. The second kappa shape index (κ2) is 7.30. The van der Waals surface area contributed by atoms with Crippen LogP contribution in [0.3, 0.4) is 0 Å². The lowest BCUT2D eigenvalue weighted by Crippen LogP contribution is -2.15. The van der Waals surface area contributed by atoms with Gasteiger partial charge in [0.25, 0.3) is 0 Å². The highest BCUT2D eigenvalue weighted by molar-refractivity contribution is 6.42. The Morgan fingerprint density at radius 2 is 2.00 bits per heavy atom. The molecule has 1 aromatic heterocycles. The summed E-state index contributed by atoms with van der Waals surface area (Å²) in [5.74, 6) is 0.375. The fourth-order valence-corrected chi connectivity index (χ4v) is 2.66. The average Bonchev–Trinajstić information content (AvgIpc) is 2.86. The Balaban J connectivity index is 2.36. The van der Waals surface area contributed by atoms with Gasteiger partial charge in [-0.3, -0.25) is 0 Å². The Labute approximate surface area is 136 Å². The molecule has 0 aliphatic rings. The zero-order valence-electron chi connectivity index (χ0n) is 12.7. The van der Waals surface area contributed by atoms with Gasteiger partial charge in [0.2, 0.25) is 0 Å². The van der Waals surface area contributed by atoms with Crippen molar-refractivity contribution in [3.63, 3.8) is 0 Å². The van der Waals surface area contributed by atoms with Gasteiger partial charge in [-0.25, -0.2) is 4.68 Å². The van der Waals surface area contributed by atoms with Gasteiger partial charge in [0.15, 0.2) is 0 Å². The van der Waals surface area contributed by atoms with E-state index in [-0.39, 0.29) is 0 Å². The Kier molecular flexibility index (Phi) is 5.68. The van der Waals surface area contributed by atoms with Crippen LogP contribution in [0.15, 0.2) is 24.4 Å². The van der Waals surface area contributed by atoms with E-state index in [1.807, 2.05) is 23.0 Å². The summed E-state index contributed by atoms with van der Waals surface area (Å²) in [6.07, 6.45) is 3.05. The predicted molar refractivity (Wildman–Crippen MR) is 89.7 cm³/mol. The van der Waals surface area contributed by atoms with E-state index >= 15 is 0 Å². The van der Waals surface area contributed by atoms with E-state index in [4.69, 9.17) is 23.2 Å². The van der Waals surface area contributed by atoms with Crippen LogP contribution in [0, 0.1) is 0 Å². The lowest BCUT2D eigenvalue weighted by molar-refractivity contribution is 0.658. The van der Waals surface area contributed by atoms with E-state index < -0.39 is 0 Å². The summed E-state index contributed by atoms with van der Waals surface area (Å²) in [6, 6.07) is 5.60. The molecule has 0 aliphatic heterocycles. The van der Waals surface area contributed by atoms with Crippen LogP contribution in [0.2, 0.25) is 10.0 Å². The van der Waals surface area contributed by atoms with E-state index in [0.29, 0.717) is 16.0 Å². The molecule has 0 radical (unpaired) electrons. The van der Waals surface area contributed by atoms with Crippen LogP contribution >= 0.6 is 23.2 Å². The highest BCUT2D eigenvalue weighted by atomic mass is 35.5. The smallest absolute Gasteiger partial charge is 0.0664 e. The molecular weight excluding hydrogens is 305 g/mol. The Morgan fingerprint density at radius 1 is 1.24 bits per heavy atom. The third-order valence-corrected chi connectivity index (χ3v) is 4.06. The van der Waals surface area contributed by atoms with Crippen LogP contribution in [-0.4, -0.2) is 16.3 Å². The standard InChI is InChI=1S/C16H21Cl2N3/c1-4-7-19-9-12-10-20-21(16(12)11(2)3)13-5-6-14(17)15(18)8-13/h5-6,8,10-11,19H,4,7,9H2,1-3H3. The van der Waals surface area contributed by atoms with Crippen molar-refractivity contribution in [2.75, 3.05) is 6.54 Å². The molecule has 1 heterocycles. The topological polar surface area (TPSA) is 29.9 Å². The van der Waals surface area contributed by atoms with Crippen LogP contribution in [-0.2, 0) is 6.54 Å². The second-order valence-corrected chi connectivity index (χ2v) is 6.21. The molecule has 2 rings (SSSR count). The first-order valence-electron chi connectivity index (χ1n) is 7.27. The summed E-state index contributed by atoms with van der Waals surface area (Å²) in [6.45, 7) is 8.36. The van der Waals surface area contributed by atoms with E-state index in [0.717, 1.165) is 25.2 Å². The van der Waals surface area contributed by atoms with Crippen molar-refractivity contribution in [1.82, 2.24) is 15.1 Å². The molecule has 21 heavy (non-hydrogen) atoms. The molecule has 0 atom stereocenters. The summed E-state index contributed by atoms with van der Waals surface area (Å²) in [7, 11) is 0. The first-order chi connectivity index (χ1) is 10.0. The average molecular weight is 326 g/mol. The summed E-state index contributed by atoms with van der Waals surface area (Å²) < 4.78 is 1.95. The summed E-state index contributed by atoms with van der Waals surface area (Å²) in [5.41, 5.74) is 3.37. The molecule has 0 aliphatic carbocycles. The molecule has 1 aromatic carbocycles. The summed E-state index contributed by atoms with van der Waals surface area (Å²) in [4.78, 5) is 0. The molecule has 0 fully saturated rings. The summed E-state index contributed by atoms with van der Waals surface area (Å²) in [5, 5.41) is 9.07. The van der Waals surface area contributed by atoms with Crippen LogP contribution in [0.25, 0.3) is 5.69 Å². The molecule has 2 aromatic rings. The molecule has 0 unspecified atom stereocenters. The number of hydrogen-bond acceptors (Lipinski definition) is 2. The maximum atomic E-state index is 6.12. The van der Waals surface area contributed by atoms with Gasteiger partial charge in [-0.1, -0.05) is 44.0 Å². The van der Waals surface area contributed by atoms with E-state index in [9.17, 15) is 0 Å². The maximum Gasteiger partial charge on any atom is 0.0664 e. The van der Waals surface area contributed by atoms with Gasteiger partial charge in [-0.2, -0.15) is 5.10 Å². The molecule has 3 nitrogen and oxygen atoms in total. The minimum atomic E-state index is 0.375. The summed E-state index contributed by atoms with van der Waals surface area (Å²) >= 11 is 12.1. The predicted octanol–water partition coefficient (Wildman–Crippen LogP) is 4.80. The normalized spacial score (nSPS) is 11.3. The van der Waals surface area contributed by atoms with Crippen molar-refractivity contribution >= 4 is 23.2 Å². The molecule has 114 valence electrons. The van der Waals surface area contributed by atoms with Gasteiger partial charge < -0.3 is 5.32 Å². The van der Waals surface area contributed by atoms with Gasteiger partial charge >= 0.3 is 0 Å². The molecule has 0 amide bonds. The number of nitrogens with zero attached hydrogens (tertiary/aromatic N) is 2. The highest BCUT2D eigenvalue weighted by Crippen LogP contribution is 2.28. The first-order valence-corrected chi connectivity index (χ1v) is 8.03. The number of halogens is 2. The van der Waals surface area contributed by atoms with Gasteiger partial charge in [0.1, 0.15) is 0 Å². The van der Waals surface area contributed by atoms with E-state index in [1.165, 1.54) is 11.3 Å². The van der Waals surface area contributed by atoms with E-state index in [1.54, 1.807) is 6.07 Å². The number of nitrogens with one attached hydrogen (secondary N) is 1. The van der Waals surface area contributed by atoms with Crippen molar-refractivity contribution in [3.8, 4) is 5.69 Å². The monoisotopic (exact) mass is 325 g/mol. The van der Waals surface area contributed by atoms with Gasteiger partial charge in [0, 0.05) is 12.1 Å². The minimum Gasteiger partial charge on any atom is -0.313 e. The third kappa shape index (κ3) is 3.79. The van der Waals surface area contributed by atoms with E-state index in [2.05, 4.69) is 31.2 Å². The van der Waals surface area contributed by atoms with Crippen molar-refractivity contribution in [2.24, 2.45) is 0 Å². The molecular formula is C16H21Cl2N3. The van der Waals surface area contributed by atoms with Crippen LogP contribution in [0.5, 0.6) is 0 Å². The SMILES string of the molecule is CCCNCc1cnn(-c2ccc(Cl)c(Cl)c2)c1C(C)C. The number of benzene rings is 1. The van der Waals surface area contributed by atoms with Gasteiger partial charge in [0.05, 0.1) is 27.6 Å². The molecule has 5 heteroatoms. The molecule has 0 bridgehead atoms. The molecule has 0 saturated heterocycles. The van der Waals surface area contributed by atoms with Crippen LogP contribution in [0.1, 0.15) is 44.4 Å². The van der Waals surface area contributed by atoms with Gasteiger partial charge in [-0.05, 0) is 37.1 Å². The largest absolute Gasteiger partial charge is 0.313 e. The minimum absolute atomic E-state index is 0.375.